The summed E-state index contributed by atoms with van der Waals surface area (Å²) in [4.78, 5) is 0. The van der Waals surface area contributed by atoms with Crippen molar-refractivity contribution in [2.45, 2.75) is 25.4 Å². The van der Waals surface area contributed by atoms with Crippen LogP contribution >= 0.6 is 23.4 Å². The van der Waals surface area contributed by atoms with Crippen molar-refractivity contribution < 1.29 is 0 Å². The van der Waals surface area contributed by atoms with E-state index in [2.05, 4.69) is 24.4 Å². The van der Waals surface area contributed by atoms with Gasteiger partial charge in [0.05, 0.1) is 0 Å². The van der Waals surface area contributed by atoms with E-state index in [4.69, 9.17) is 11.6 Å². The van der Waals surface area contributed by atoms with Crippen molar-refractivity contribution in [1.29, 1.82) is 0 Å². The molecule has 1 nitrogen and oxygen atoms in total. The van der Waals surface area contributed by atoms with Crippen LogP contribution in [0.2, 0.25) is 5.02 Å². The molecule has 0 aliphatic carbocycles. The Morgan fingerprint density at radius 2 is 2.33 bits per heavy atom. The third-order valence-electron chi connectivity index (χ3n) is 2.78. The van der Waals surface area contributed by atoms with E-state index < -0.39 is 0 Å². The van der Waals surface area contributed by atoms with Crippen LogP contribution in [0.4, 0.5) is 0 Å². The molecule has 2 atom stereocenters. The maximum atomic E-state index is 6.00. The number of rotatable bonds is 2. The van der Waals surface area contributed by atoms with Crippen molar-refractivity contribution in [2.24, 2.45) is 0 Å². The van der Waals surface area contributed by atoms with Gasteiger partial charge in [0.2, 0.25) is 0 Å². The number of nitrogens with one attached hydrogen (secondary N) is 1. The van der Waals surface area contributed by atoms with E-state index >= 15 is 0 Å². The molecule has 2 unspecified atom stereocenters. The normalized spacial score (nSPS) is 26.5. The summed E-state index contributed by atoms with van der Waals surface area (Å²) < 4.78 is 0. The fourth-order valence-corrected chi connectivity index (χ4v) is 3.34. The lowest BCUT2D eigenvalue weighted by atomic mass is 10.1. The molecular weight excluding hydrogens is 226 g/mol. The van der Waals surface area contributed by atoms with Gasteiger partial charge in [-0.05, 0) is 24.1 Å². The molecule has 1 aliphatic rings. The summed E-state index contributed by atoms with van der Waals surface area (Å²) in [5.74, 6) is 2.38. The third-order valence-corrected chi connectivity index (χ3v) is 4.23. The first-order chi connectivity index (χ1) is 7.29. The van der Waals surface area contributed by atoms with Gasteiger partial charge in [-0.25, -0.2) is 0 Å². The van der Waals surface area contributed by atoms with Crippen LogP contribution in [0.15, 0.2) is 24.3 Å². The second-order valence-electron chi connectivity index (χ2n) is 3.92. The lowest BCUT2D eigenvalue weighted by Crippen LogP contribution is -2.39. The number of hydrogen-bond donors (Lipinski definition) is 1. The fraction of sp³-hybridized carbons (Fsp3) is 0.500. The average Bonchev–Trinajstić information content (AvgIpc) is 2.29. The Balaban J connectivity index is 2.09. The van der Waals surface area contributed by atoms with Crippen LogP contribution in [0.3, 0.4) is 0 Å². The van der Waals surface area contributed by atoms with Crippen molar-refractivity contribution in [1.82, 2.24) is 5.32 Å². The lowest BCUT2D eigenvalue weighted by molar-refractivity contribution is 0.466. The van der Waals surface area contributed by atoms with Crippen LogP contribution in [0, 0.1) is 0 Å². The first-order valence-electron chi connectivity index (χ1n) is 5.39. The summed E-state index contributed by atoms with van der Waals surface area (Å²) in [5.41, 5.74) is 1.31. The van der Waals surface area contributed by atoms with Crippen molar-refractivity contribution in [3.05, 3.63) is 34.9 Å². The van der Waals surface area contributed by atoms with Gasteiger partial charge in [-0.15, -0.1) is 0 Å². The maximum absolute atomic E-state index is 6.00. The highest BCUT2D eigenvalue weighted by Gasteiger charge is 2.21. The molecule has 1 aromatic rings. The van der Waals surface area contributed by atoms with Gasteiger partial charge in [-0.2, -0.15) is 11.8 Å². The SMILES string of the molecule is CCC1CSCC(c2cccc(Cl)c2)N1. The Kier molecular flexibility index (Phi) is 3.95. The molecule has 1 N–H and O–H groups in total. The zero-order valence-electron chi connectivity index (χ0n) is 8.87. The molecule has 2 rings (SSSR count). The minimum Gasteiger partial charge on any atom is -0.306 e. The molecule has 3 heteroatoms. The second-order valence-corrected chi connectivity index (χ2v) is 5.43. The molecule has 0 amide bonds. The van der Waals surface area contributed by atoms with Crippen LogP contribution in [0.1, 0.15) is 24.9 Å². The molecule has 0 aromatic heterocycles. The summed E-state index contributed by atoms with van der Waals surface area (Å²) in [6, 6.07) is 9.29. The van der Waals surface area contributed by atoms with E-state index in [1.165, 1.54) is 17.7 Å². The number of halogens is 1. The van der Waals surface area contributed by atoms with Crippen LogP contribution in [-0.4, -0.2) is 17.5 Å². The van der Waals surface area contributed by atoms with Gasteiger partial charge >= 0.3 is 0 Å². The van der Waals surface area contributed by atoms with Crippen molar-refractivity contribution in [2.75, 3.05) is 11.5 Å². The van der Waals surface area contributed by atoms with Gasteiger partial charge in [0.1, 0.15) is 0 Å². The van der Waals surface area contributed by atoms with Crippen LogP contribution in [0.25, 0.3) is 0 Å². The quantitative estimate of drug-likeness (QED) is 0.851. The molecule has 1 heterocycles. The molecule has 82 valence electrons. The van der Waals surface area contributed by atoms with Crippen molar-refractivity contribution in [3.8, 4) is 0 Å². The van der Waals surface area contributed by atoms with E-state index in [1.54, 1.807) is 0 Å². The second kappa shape index (κ2) is 5.24. The molecule has 0 bridgehead atoms. The Morgan fingerprint density at radius 1 is 1.47 bits per heavy atom. The lowest BCUT2D eigenvalue weighted by Gasteiger charge is -2.30. The van der Waals surface area contributed by atoms with Gasteiger partial charge in [0, 0.05) is 28.6 Å². The first-order valence-corrected chi connectivity index (χ1v) is 6.92. The molecule has 1 aromatic carbocycles. The monoisotopic (exact) mass is 241 g/mol. The number of thioether (sulfide) groups is 1. The zero-order chi connectivity index (χ0) is 10.7. The summed E-state index contributed by atoms with van der Waals surface area (Å²) in [5, 5.41) is 4.50. The van der Waals surface area contributed by atoms with E-state index in [-0.39, 0.29) is 0 Å². The predicted molar refractivity (Wildman–Crippen MR) is 68.7 cm³/mol. The van der Waals surface area contributed by atoms with E-state index in [0.717, 1.165) is 10.8 Å². The largest absolute Gasteiger partial charge is 0.306 e. The zero-order valence-corrected chi connectivity index (χ0v) is 10.4. The molecule has 1 aliphatic heterocycles. The van der Waals surface area contributed by atoms with Gasteiger partial charge in [-0.3, -0.25) is 0 Å². The van der Waals surface area contributed by atoms with Crippen molar-refractivity contribution >= 4 is 23.4 Å². The maximum Gasteiger partial charge on any atom is 0.0414 e. The van der Waals surface area contributed by atoms with Crippen molar-refractivity contribution in [3.63, 3.8) is 0 Å². The summed E-state index contributed by atoms with van der Waals surface area (Å²) in [6.45, 7) is 2.23. The minimum absolute atomic E-state index is 0.465. The van der Waals surface area contributed by atoms with Gasteiger partial charge in [0.25, 0.3) is 0 Å². The standard InChI is InChI=1S/C12H16ClNS/c1-2-11-7-15-8-12(14-11)9-4-3-5-10(13)6-9/h3-6,11-12,14H,2,7-8H2,1H3. The van der Waals surface area contributed by atoms with E-state index in [1.807, 2.05) is 23.9 Å². The summed E-state index contributed by atoms with van der Waals surface area (Å²) in [6.07, 6.45) is 1.20. The Labute approximate surface area is 101 Å². The van der Waals surface area contributed by atoms with Gasteiger partial charge in [0.15, 0.2) is 0 Å². The fourth-order valence-electron chi connectivity index (χ4n) is 1.86. The summed E-state index contributed by atoms with van der Waals surface area (Å²) in [7, 11) is 0. The Hall–Kier alpha value is -0.180. The molecule has 1 saturated heterocycles. The highest BCUT2D eigenvalue weighted by molar-refractivity contribution is 7.99. The Bertz CT molecular complexity index is 329. The topological polar surface area (TPSA) is 12.0 Å². The molecular formula is C12H16ClNS. The smallest absolute Gasteiger partial charge is 0.0414 e. The number of hydrogen-bond acceptors (Lipinski definition) is 2. The molecule has 0 saturated carbocycles. The van der Waals surface area contributed by atoms with E-state index in [9.17, 15) is 0 Å². The van der Waals surface area contributed by atoms with Gasteiger partial charge in [-0.1, -0.05) is 30.7 Å². The Morgan fingerprint density at radius 3 is 3.07 bits per heavy atom. The molecule has 15 heavy (non-hydrogen) atoms. The predicted octanol–water partition coefficient (Wildman–Crippen LogP) is 3.50. The van der Waals surface area contributed by atoms with Crippen LogP contribution in [-0.2, 0) is 0 Å². The molecule has 0 spiro atoms. The molecule has 1 fully saturated rings. The summed E-state index contributed by atoms with van der Waals surface area (Å²) >= 11 is 8.03. The highest BCUT2D eigenvalue weighted by atomic mass is 35.5. The van der Waals surface area contributed by atoms with Crippen LogP contribution in [0.5, 0.6) is 0 Å². The van der Waals surface area contributed by atoms with Crippen LogP contribution < -0.4 is 5.32 Å². The first kappa shape index (κ1) is 11.3. The average molecular weight is 242 g/mol. The number of benzene rings is 1. The third kappa shape index (κ3) is 2.90. The van der Waals surface area contributed by atoms with E-state index in [0.29, 0.717) is 12.1 Å². The highest BCUT2D eigenvalue weighted by Crippen LogP contribution is 2.26. The van der Waals surface area contributed by atoms with Gasteiger partial charge < -0.3 is 5.32 Å². The minimum atomic E-state index is 0.465. The molecule has 0 radical (unpaired) electrons.